The molecule has 0 radical (unpaired) electrons. The zero-order valence-electron chi connectivity index (χ0n) is 64.0. The minimum atomic E-state index is -0.0304. The second kappa shape index (κ2) is 32.2. The second-order valence-electron chi connectivity index (χ2n) is 34.6. The summed E-state index contributed by atoms with van der Waals surface area (Å²) >= 11 is 0. The summed E-state index contributed by atoms with van der Waals surface area (Å²) in [5.41, 5.74) is 9.08. The fourth-order valence-corrected chi connectivity index (χ4v) is 19.2. The van der Waals surface area contributed by atoms with Gasteiger partial charge in [-0.05, 0) is 249 Å². The molecule has 0 aliphatic heterocycles. The van der Waals surface area contributed by atoms with Crippen molar-refractivity contribution in [3.05, 3.63) is 106 Å². The fraction of sp³-hybridized carbons (Fsp3) is 0.571. The van der Waals surface area contributed by atoms with Gasteiger partial charge in [0.25, 0.3) is 0 Å². The third kappa shape index (κ3) is 14.7. The number of benzene rings is 13. The summed E-state index contributed by atoms with van der Waals surface area (Å²) in [6.45, 7) is 24.3. The Bertz CT molecular complexity index is 4070. The number of hydrogen-bond acceptors (Lipinski definition) is 0. The molecule has 98 heavy (non-hydrogen) atoms. The third-order valence-corrected chi connectivity index (χ3v) is 24.8. The lowest BCUT2D eigenvalue weighted by Crippen LogP contribution is -2.12. The van der Waals surface area contributed by atoms with Crippen molar-refractivity contribution in [2.24, 2.45) is 0 Å². The van der Waals surface area contributed by atoms with Gasteiger partial charge in [-0.15, -0.1) is 0 Å². The zero-order valence-corrected chi connectivity index (χ0v) is 64.0. The fourth-order valence-electron chi connectivity index (χ4n) is 19.2. The third-order valence-electron chi connectivity index (χ3n) is 24.8. The van der Waals surface area contributed by atoms with Crippen LogP contribution < -0.4 is 0 Å². The molecule has 0 aromatic heterocycles. The van der Waals surface area contributed by atoms with E-state index < -0.39 is 0 Å². The van der Waals surface area contributed by atoms with Crippen LogP contribution in [0.5, 0.6) is 0 Å². The topological polar surface area (TPSA) is 0 Å². The van der Waals surface area contributed by atoms with Crippen LogP contribution in [0.25, 0.3) is 129 Å². The molecule has 0 atom stereocenters. The van der Waals surface area contributed by atoms with Crippen molar-refractivity contribution in [2.45, 2.75) is 363 Å². The van der Waals surface area contributed by atoms with E-state index in [1.54, 1.807) is 76.1 Å². The minimum Gasteiger partial charge on any atom is -0.0654 e. The highest BCUT2D eigenvalue weighted by atomic mass is 14.4. The molecule has 0 spiro atoms. The first-order valence-corrected chi connectivity index (χ1v) is 42.2. The van der Waals surface area contributed by atoms with Crippen LogP contribution in [0.4, 0.5) is 0 Å². The minimum absolute atomic E-state index is 0.0304. The molecule has 0 heteroatoms. The van der Waals surface area contributed by atoms with Crippen LogP contribution in [-0.4, -0.2) is 0 Å². The van der Waals surface area contributed by atoms with Gasteiger partial charge < -0.3 is 0 Å². The van der Waals surface area contributed by atoms with Gasteiger partial charge in [-0.3, -0.25) is 0 Å². The Morgan fingerprint density at radius 3 is 0.439 bits per heavy atom. The van der Waals surface area contributed by atoms with Crippen LogP contribution in [0.15, 0.2) is 72.8 Å². The SMILES string of the molecule is CCCCCCCCCCCCc1cc2c3cc(CCCCCCCCCCCC)cc4c5cc(C(C)(C)C)cc6c7cc(CCCCCCCCCCCC)cc8c9cc(CCCCCCCCCCCC)cc%10c%11cc(C(C)(C)C)cc%12c(c1)c2c1c(c34)c(c56)c(c87)c(c9%10)c1c%12%11. The zero-order chi connectivity index (χ0) is 67.9. The molecule has 13 aromatic carbocycles. The van der Waals surface area contributed by atoms with Crippen LogP contribution in [0.3, 0.4) is 0 Å². The molecule has 0 nitrogen and oxygen atoms in total. The number of rotatable bonds is 44. The average Bonchev–Trinajstić information content (AvgIpc) is 0.643. The first-order chi connectivity index (χ1) is 47.8. The summed E-state index contributed by atoms with van der Waals surface area (Å²) in [6, 6.07) is 33.0. The van der Waals surface area contributed by atoms with Crippen molar-refractivity contribution in [2.75, 3.05) is 0 Å². The molecule has 0 aliphatic carbocycles. The van der Waals surface area contributed by atoms with Crippen LogP contribution in [-0.2, 0) is 36.5 Å². The summed E-state index contributed by atoms with van der Waals surface area (Å²) in [5, 5.41) is 36.8. The molecule has 0 amide bonds. The van der Waals surface area contributed by atoms with E-state index in [2.05, 4.69) is 142 Å². The molecule has 0 aliphatic rings. The number of unbranched alkanes of at least 4 members (excludes halogenated alkanes) is 36. The quantitative estimate of drug-likeness (QED) is 0.0203. The van der Waals surface area contributed by atoms with Gasteiger partial charge in [0.15, 0.2) is 0 Å². The van der Waals surface area contributed by atoms with E-state index in [1.165, 1.54) is 343 Å². The van der Waals surface area contributed by atoms with Gasteiger partial charge in [0, 0.05) is 0 Å². The molecule has 0 saturated carbocycles. The van der Waals surface area contributed by atoms with Gasteiger partial charge in [0.1, 0.15) is 0 Å². The van der Waals surface area contributed by atoms with Crippen molar-refractivity contribution in [3.8, 4) is 0 Å². The standard InChI is InChI=1S/C98H130/c1-11-15-19-23-27-31-35-39-43-47-51-67-55-73-74-56-68(52-48-44-40-36-32-28-24-20-16-12-2)60-78-83-65-72(98(8,9)10)66-84-80-62-70(54-50-46-42-38-34-30-26-22-18-14-4)58-76-75-57-69(53-49-45-41-37-33-29-25-21-17-13-3)61-79-82-64-71(97(5,6)7)63-81-77(59-67)85(73)91-92(86(74)78)96(90(83)84)94(88(76)80)93(87(75)79)95(91)89(81)82/h55-66H,11-54H2,1-10H3. The number of aryl methyl sites for hydroxylation is 4. The molecule has 13 rings (SSSR count). The Hall–Kier alpha value is -5.46. The smallest absolute Gasteiger partial charge is 0.0000472 e. The van der Waals surface area contributed by atoms with Crippen molar-refractivity contribution < 1.29 is 0 Å². The normalized spacial score (nSPS) is 13.2. The monoisotopic (exact) mass is 1310 g/mol. The van der Waals surface area contributed by atoms with Crippen LogP contribution >= 0.6 is 0 Å². The highest BCUT2D eigenvalue weighted by molar-refractivity contribution is 6.61. The summed E-state index contributed by atoms with van der Waals surface area (Å²) in [4.78, 5) is 0. The highest BCUT2D eigenvalue weighted by Crippen LogP contribution is 2.61. The van der Waals surface area contributed by atoms with Crippen molar-refractivity contribution in [1.82, 2.24) is 0 Å². The van der Waals surface area contributed by atoms with Gasteiger partial charge >= 0.3 is 0 Å². The first kappa shape index (κ1) is 71.0. The van der Waals surface area contributed by atoms with E-state index in [-0.39, 0.29) is 10.8 Å². The Morgan fingerprint density at radius 2 is 0.296 bits per heavy atom. The molecule has 0 heterocycles. The van der Waals surface area contributed by atoms with Gasteiger partial charge in [-0.2, -0.15) is 0 Å². The van der Waals surface area contributed by atoms with Crippen molar-refractivity contribution in [3.63, 3.8) is 0 Å². The molecule has 0 saturated heterocycles. The van der Waals surface area contributed by atoms with Gasteiger partial charge in [0.05, 0.1) is 0 Å². The van der Waals surface area contributed by atoms with E-state index in [4.69, 9.17) is 0 Å². The van der Waals surface area contributed by atoms with Crippen LogP contribution in [0.2, 0.25) is 0 Å². The largest absolute Gasteiger partial charge is 0.0654 e. The predicted molar refractivity (Wildman–Crippen MR) is 443 cm³/mol. The summed E-state index contributed by atoms with van der Waals surface area (Å²) in [5.74, 6) is 0. The predicted octanol–water partition coefficient (Wildman–Crippen LogP) is 32.6. The lowest BCUT2D eigenvalue weighted by Gasteiger charge is -2.31. The lowest BCUT2D eigenvalue weighted by molar-refractivity contribution is 0.556. The highest BCUT2D eigenvalue weighted by Gasteiger charge is 2.34. The second-order valence-corrected chi connectivity index (χ2v) is 34.6. The number of hydrogen-bond donors (Lipinski definition) is 0. The maximum absolute atomic E-state index is 2.77. The Balaban J connectivity index is 1.05. The van der Waals surface area contributed by atoms with Crippen LogP contribution in [0.1, 0.15) is 359 Å². The molecule has 522 valence electrons. The van der Waals surface area contributed by atoms with Crippen molar-refractivity contribution >= 4 is 129 Å². The molecular weight excluding hydrogens is 1180 g/mol. The Labute approximate surface area is 594 Å². The molecule has 0 unspecified atom stereocenters. The average molecular weight is 1310 g/mol. The molecule has 13 aromatic rings. The Morgan fingerprint density at radius 1 is 0.163 bits per heavy atom. The maximum atomic E-state index is 2.77. The molecule has 0 N–H and O–H groups in total. The lowest BCUT2D eigenvalue weighted by atomic mass is 9.71. The van der Waals surface area contributed by atoms with Gasteiger partial charge in [-0.1, -0.05) is 349 Å². The Kier molecular flexibility index (Phi) is 23.3. The number of fused-ring (bicyclic) bond motifs is 6. The summed E-state index contributed by atoms with van der Waals surface area (Å²) in [7, 11) is 0. The van der Waals surface area contributed by atoms with E-state index in [1.807, 2.05) is 0 Å². The van der Waals surface area contributed by atoms with E-state index in [0.717, 1.165) is 25.7 Å². The van der Waals surface area contributed by atoms with E-state index >= 15 is 0 Å². The van der Waals surface area contributed by atoms with Crippen molar-refractivity contribution in [1.29, 1.82) is 0 Å². The first-order valence-electron chi connectivity index (χ1n) is 42.2. The van der Waals surface area contributed by atoms with Gasteiger partial charge in [0.2, 0.25) is 0 Å². The molecular formula is C98H130. The molecule has 0 fully saturated rings. The van der Waals surface area contributed by atoms with Gasteiger partial charge in [-0.25, -0.2) is 0 Å². The maximum Gasteiger partial charge on any atom is -0.0000472 e. The molecule has 0 bridgehead atoms. The van der Waals surface area contributed by atoms with E-state index in [9.17, 15) is 0 Å². The van der Waals surface area contributed by atoms with E-state index in [0.29, 0.717) is 0 Å². The summed E-state index contributed by atoms with van der Waals surface area (Å²) < 4.78 is 0. The summed E-state index contributed by atoms with van der Waals surface area (Å²) in [6.07, 6.45) is 59.3. The van der Waals surface area contributed by atoms with Crippen LogP contribution in [0, 0.1) is 0 Å².